The number of nitrogens with zero attached hydrogens (tertiary/aromatic N) is 5. The van der Waals surface area contributed by atoms with Crippen LogP contribution in [0.3, 0.4) is 0 Å². The highest BCUT2D eigenvalue weighted by Crippen LogP contribution is 2.42. The Hall–Kier alpha value is -3.81. The van der Waals surface area contributed by atoms with Gasteiger partial charge in [0.05, 0.1) is 15.2 Å². The van der Waals surface area contributed by atoms with E-state index < -0.39 is 17.4 Å². The molecular formula is C28H28ClFN8O3S. The summed E-state index contributed by atoms with van der Waals surface area (Å²) in [7, 11) is 2.05. The van der Waals surface area contributed by atoms with Crippen molar-refractivity contribution in [2.75, 3.05) is 43.9 Å². The van der Waals surface area contributed by atoms with Gasteiger partial charge in [0.1, 0.15) is 23.5 Å². The standard InChI is InChI=1S/C28H28ClFN8O3S/c1-37-9-3-4-14(37)13-41-27-33-22-16(23(34-27)38-10-7-28(8-11-38)24(39)35-26(40)36-28)12-17(29)19(20(22)30)15-5-2-6-18-21(15)32-25(31)42-18/h2,5-6,12,14H,3-4,7-11,13H2,1H3,(H2,31,32)(H2,35,36,39,40). The van der Waals surface area contributed by atoms with Gasteiger partial charge in [-0.2, -0.15) is 9.97 Å². The first kappa shape index (κ1) is 27.0. The number of fused-ring (bicyclic) bond motifs is 2. The second-order valence-corrected chi connectivity index (χ2v) is 12.5. The van der Waals surface area contributed by atoms with Crippen molar-refractivity contribution in [3.05, 3.63) is 35.1 Å². The molecule has 2 aromatic heterocycles. The molecule has 4 N–H and O–H groups in total. The van der Waals surface area contributed by atoms with Gasteiger partial charge in [-0.1, -0.05) is 35.1 Å². The van der Waals surface area contributed by atoms with Gasteiger partial charge in [-0.3, -0.25) is 10.1 Å². The first-order valence-electron chi connectivity index (χ1n) is 13.8. The van der Waals surface area contributed by atoms with Crippen LogP contribution < -0.4 is 26.0 Å². The maximum atomic E-state index is 16.6. The second kappa shape index (κ2) is 10.2. The molecule has 3 fully saturated rings. The van der Waals surface area contributed by atoms with E-state index in [1.807, 2.05) is 17.0 Å². The van der Waals surface area contributed by atoms with E-state index in [2.05, 4.69) is 32.5 Å². The highest BCUT2D eigenvalue weighted by Gasteiger charge is 2.48. The summed E-state index contributed by atoms with van der Waals surface area (Å²) in [6, 6.07) is 6.91. The van der Waals surface area contributed by atoms with Crippen LogP contribution in [0, 0.1) is 5.82 Å². The lowest BCUT2D eigenvalue weighted by Crippen LogP contribution is -2.55. The highest BCUT2D eigenvalue weighted by molar-refractivity contribution is 7.22. The smallest absolute Gasteiger partial charge is 0.322 e. The predicted octanol–water partition coefficient (Wildman–Crippen LogP) is 3.93. The zero-order chi connectivity index (χ0) is 29.2. The Morgan fingerprint density at radius 1 is 1.19 bits per heavy atom. The molecule has 11 nitrogen and oxygen atoms in total. The molecule has 3 amide bonds. The van der Waals surface area contributed by atoms with E-state index in [4.69, 9.17) is 27.1 Å². The molecular weight excluding hydrogens is 583 g/mol. The molecule has 1 unspecified atom stereocenters. The molecule has 0 aliphatic carbocycles. The summed E-state index contributed by atoms with van der Waals surface area (Å²) >= 11 is 8.11. The van der Waals surface area contributed by atoms with Gasteiger partial charge in [0, 0.05) is 35.6 Å². The third-order valence-electron chi connectivity index (χ3n) is 8.55. The Morgan fingerprint density at radius 2 is 2.00 bits per heavy atom. The van der Waals surface area contributed by atoms with Crippen molar-refractivity contribution < 1.29 is 18.7 Å². The fourth-order valence-corrected chi connectivity index (χ4v) is 7.28. The number of ether oxygens (including phenoxy) is 1. The van der Waals surface area contributed by atoms with Gasteiger partial charge in [0.15, 0.2) is 10.9 Å². The number of hydrogen-bond donors (Lipinski definition) is 3. The molecule has 3 aliphatic rings. The van der Waals surface area contributed by atoms with Crippen LogP contribution in [0.4, 0.5) is 20.1 Å². The highest BCUT2D eigenvalue weighted by atomic mass is 35.5. The average molecular weight is 611 g/mol. The number of imide groups is 1. The third kappa shape index (κ3) is 4.46. The van der Waals surface area contributed by atoms with Crippen molar-refractivity contribution in [3.8, 4) is 17.1 Å². The van der Waals surface area contributed by atoms with E-state index >= 15 is 4.39 Å². The number of likely N-dealkylation sites (tertiary alicyclic amines) is 1. The normalized spacial score (nSPS) is 20.5. The topological polar surface area (TPSA) is 139 Å². The summed E-state index contributed by atoms with van der Waals surface area (Å²) in [4.78, 5) is 42.3. The SMILES string of the molecule is CN1CCCC1COc1nc(N2CCC3(CC2)NC(=O)NC3=O)c2cc(Cl)c(-c3cccc4sc(N)nc34)c(F)c2n1. The number of halogens is 2. The first-order valence-corrected chi connectivity index (χ1v) is 15.0. The quantitative estimate of drug-likeness (QED) is 0.287. The number of nitrogen functional groups attached to an aromatic ring is 1. The minimum Gasteiger partial charge on any atom is -0.462 e. The second-order valence-electron chi connectivity index (χ2n) is 11.0. The summed E-state index contributed by atoms with van der Waals surface area (Å²) < 4.78 is 23.5. The van der Waals surface area contributed by atoms with Crippen LogP contribution in [0.5, 0.6) is 6.01 Å². The van der Waals surface area contributed by atoms with Crippen LogP contribution in [0.15, 0.2) is 24.3 Å². The van der Waals surface area contributed by atoms with Gasteiger partial charge in [-0.15, -0.1) is 0 Å². The molecule has 7 rings (SSSR count). The van der Waals surface area contributed by atoms with Crippen LogP contribution in [0.2, 0.25) is 5.02 Å². The number of urea groups is 1. The summed E-state index contributed by atoms with van der Waals surface area (Å²) in [5, 5.41) is 6.09. The Balaban J connectivity index is 1.32. The number of amides is 3. The van der Waals surface area contributed by atoms with Crippen molar-refractivity contribution in [2.24, 2.45) is 0 Å². The zero-order valence-electron chi connectivity index (χ0n) is 22.7. The van der Waals surface area contributed by atoms with Crippen molar-refractivity contribution in [1.82, 2.24) is 30.5 Å². The lowest BCUT2D eigenvalue weighted by Gasteiger charge is -2.38. The molecule has 42 heavy (non-hydrogen) atoms. The number of aromatic nitrogens is 3. The van der Waals surface area contributed by atoms with Crippen molar-refractivity contribution >= 4 is 66.9 Å². The van der Waals surface area contributed by atoms with Gasteiger partial charge in [0.25, 0.3) is 5.91 Å². The van der Waals surface area contributed by atoms with Crippen LogP contribution in [0.25, 0.3) is 32.2 Å². The van der Waals surface area contributed by atoms with Crippen LogP contribution in [0.1, 0.15) is 25.7 Å². The van der Waals surface area contributed by atoms with E-state index in [-0.39, 0.29) is 34.1 Å². The number of hydrogen-bond acceptors (Lipinski definition) is 10. The van der Waals surface area contributed by atoms with E-state index in [0.29, 0.717) is 60.0 Å². The number of anilines is 2. The maximum Gasteiger partial charge on any atom is 0.322 e. The fourth-order valence-electron chi connectivity index (χ4n) is 6.22. The molecule has 14 heteroatoms. The van der Waals surface area contributed by atoms with E-state index in [9.17, 15) is 9.59 Å². The van der Waals surface area contributed by atoms with Gasteiger partial charge >= 0.3 is 12.0 Å². The van der Waals surface area contributed by atoms with Crippen LogP contribution in [-0.2, 0) is 4.79 Å². The van der Waals surface area contributed by atoms with Crippen molar-refractivity contribution in [1.29, 1.82) is 0 Å². The Bertz CT molecular complexity index is 1760. The van der Waals surface area contributed by atoms with Gasteiger partial charge in [-0.25, -0.2) is 14.2 Å². The van der Waals surface area contributed by atoms with Gasteiger partial charge in [-0.05, 0) is 51.4 Å². The molecule has 3 saturated heterocycles. The molecule has 0 bridgehead atoms. The summed E-state index contributed by atoms with van der Waals surface area (Å²) in [6.07, 6.45) is 2.80. The Labute approximate surface area is 249 Å². The summed E-state index contributed by atoms with van der Waals surface area (Å²) in [6.45, 7) is 2.14. The first-order chi connectivity index (χ1) is 20.2. The largest absolute Gasteiger partial charge is 0.462 e. The molecule has 218 valence electrons. The third-order valence-corrected chi connectivity index (χ3v) is 9.70. The number of likely N-dealkylation sites (N-methyl/N-ethyl adjacent to an activating group) is 1. The number of nitrogens with two attached hydrogens (primary N) is 1. The Morgan fingerprint density at radius 3 is 2.71 bits per heavy atom. The number of piperidine rings is 1. The molecule has 3 aliphatic heterocycles. The molecule has 0 radical (unpaired) electrons. The zero-order valence-corrected chi connectivity index (χ0v) is 24.3. The van der Waals surface area contributed by atoms with Crippen LogP contribution >= 0.6 is 22.9 Å². The monoisotopic (exact) mass is 610 g/mol. The molecule has 2 aromatic carbocycles. The lowest BCUT2D eigenvalue weighted by atomic mass is 9.87. The number of para-hydroxylation sites is 1. The number of rotatable bonds is 5. The average Bonchev–Trinajstić information content (AvgIpc) is 3.63. The number of nitrogens with one attached hydrogen (secondary N) is 2. The van der Waals surface area contributed by atoms with Gasteiger partial charge < -0.3 is 25.6 Å². The maximum absolute atomic E-state index is 16.6. The summed E-state index contributed by atoms with van der Waals surface area (Å²) in [5.74, 6) is -0.489. The number of thiazole rings is 1. The fraction of sp³-hybridized carbons (Fsp3) is 0.393. The van der Waals surface area contributed by atoms with Crippen molar-refractivity contribution in [3.63, 3.8) is 0 Å². The summed E-state index contributed by atoms with van der Waals surface area (Å²) in [5.41, 5.74) is 6.33. The van der Waals surface area contributed by atoms with Crippen molar-refractivity contribution in [2.45, 2.75) is 37.3 Å². The van der Waals surface area contributed by atoms with E-state index in [1.54, 1.807) is 12.1 Å². The predicted molar refractivity (Wildman–Crippen MR) is 160 cm³/mol. The lowest BCUT2D eigenvalue weighted by molar-refractivity contribution is -0.124. The molecule has 0 saturated carbocycles. The minimum atomic E-state index is -0.965. The number of carbonyl (C=O) groups is 2. The molecule has 5 heterocycles. The van der Waals surface area contributed by atoms with E-state index in [0.717, 1.165) is 24.1 Å². The number of carbonyl (C=O) groups excluding carboxylic acids is 2. The van der Waals surface area contributed by atoms with Crippen LogP contribution in [-0.4, -0.2) is 76.7 Å². The molecule has 4 aromatic rings. The van der Waals surface area contributed by atoms with E-state index in [1.165, 1.54) is 11.3 Å². The molecule has 1 atom stereocenters. The number of benzene rings is 2. The van der Waals surface area contributed by atoms with Gasteiger partial charge in [0.2, 0.25) is 0 Å². The molecule has 1 spiro atoms. The Kier molecular flexibility index (Phi) is 6.55. The minimum absolute atomic E-state index is 0.0632.